The lowest BCUT2D eigenvalue weighted by Crippen LogP contribution is -2.20. The van der Waals surface area contributed by atoms with E-state index in [1.54, 1.807) is 19.1 Å². The van der Waals surface area contributed by atoms with E-state index in [9.17, 15) is 19.2 Å². The second kappa shape index (κ2) is 10.4. The molecule has 3 aromatic rings. The average Bonchev–Trinajstić information content (AvgIpc) is 3.21. The zero-order chi connectivity index (χ0) is 24.0. The Balaban J connectivity index is 1.80. The number of ether oxygens (including phenoxy) is 2. The van der Waals surface area contributed by atoms with E-state index in [-0.39, 0.29) is 33.6 Å². The highest BCUT2D eigenvalue weighted by Crippen LogP contribution is 2.24. The number of benzene rings is 2. The number of hydrogen-bond donors (Lipinski definition) is 3. The van der Waals surface area contributed by atoms with Crippen LogP contribution in [0, 0.1) is 0 Å². The molecule has 1 aromatic heterocycles. The molecule has 33 heavy (non-hydrogen) atoms. The molecule has 0 saturated carbocycles. The van der Waals surface area contributed by atoms with Crippen LogP contribution in [0.5, 0.6) is 0 Å². The molecule has 1 heterocycles. The Kier molecular flexibility index (Phi) is 7.36. The summed E-state index contributed by atoms with van der Waals surface area (Å²) < 4.78 is 9.64. The van der Waals surface area contributed by atoms with E-state index < -0.39 is 23.8 Å². The third-order valence-corrected chi connectivity index (χ3v) is 5.18. The fourth-order valence-corrected chi connectivity index (χ4v) is 3.53. The average molecular weight is 468 g/mol. The summed E-state index contributed by atoms with van der Waals surface area (Å²) in [6.45, 7) is 1.85. The number of methoxy groups -OCH3 is 1. The van der Waals surface area contributed by atoms with E-state index in [1.807, 2.05) is 0 Å². The minimum atomic E-state index is -0.717. The summed E-state index contributed by atoms with van der Waals surface area (Å²) in [4.78, 5) is 53.3. The number of nitrogens with two attached hydrogens (primary N) is 1. The van der Waals surface area contributed by atoms with Crippen molar-refractivity contribution >= 4 is 51.6 Å². The monoisotopic (exact) mass is 468 g/mol. The maximum Gasteiger partial charge on any atom is 0.340 e. The lowest BCUT2D eigenvalue weighted by molar-refractivity contribution is 0.0526. The molecule has 0 aliphatic heterocycles. The van der Waals surface area contributed by atoms with Crippen LogP contribution in [0.3, 0.4) is 0 Å². The van der Waals surface area contributed by atoms with Gasteiger partial charge in [-0.3, -0.25) is 9.59 Å². The van der Waals surface area contributed by atoms with Gasteiger partial charge in [0, 0.05) is 5.69 Å². The van der Waals surface area contributed by atoms with Crippen molar-refractivity contribution in [2.75, 3.05) is 30.1 Å². The topological polar surface area (TPSA) is 150 Å². The first-order chi connectivity index (χ1) is 15.8. The van der Waals surface area contributed by atoms with Gasteiger partial charge < -0.3 is 25.8 Å². The van der Waals surface area contributed by atoms with E-state index in [0.29, 0.717) is 11.3 Å². The van der Waals surface area contributed by atoms with Crippen molar-refractivity contribution in [1.82, 2.24) is 4.98 Å². The molecule has 0 saturated heterocycles. The SMILES string of the molecule is CCOC(=O)c1ccccc1NC(=O)c1nc(N)sc1C(=O)Nc1ccc(C(=O)OC)cc1. The largest absolute Gasteiger partial charge is 0.465 e. The lowest BCUT2D eigenvalue weighted by atomic mass is 10.1. The smallest absolute Gasteiger partial charge is 0.340 e. The summed E-state index contributed by atoms with van der Waals surface area (Å²) in [5.74, 6) is -2.44. The first-order valence-corrected chi connectivity index (χ1v) is 10.5. The number of nitrogens with zero attached hydrogens (tertiary/aromatic N) is 1. The number of nitrogens with one attached hydrogen (secondary N) is 2. The standard InChI is InChI=1S/C22H20N4O6S/c1-3-32-21(30)14-6-4-5-7-15(14)25-18(27)16-17(33-22(23)26-16)19(28)24-13-10-8-12(9-11-13)20(29)31-2/h4-11H,3H2,1-2H3,(H2,23,26)(H,24,28)(H,25,27). The predicted octanol–water partition coefficient (Wildman–Crippen LogP) is 3.19. The number of rotatable bonds is 7. The van der Waals surface area contributed by atoms with E-state index in [0.717, 1.165) is 11.3 Å². The van der Waals surface area contributed by atoms with Gasteiger partial charge in [0.15, 0.2) is 10.8 Å². The summed E-state index contributed by atoms with van der Waals surface area (Å²) in [5.41, 5.74) is 6.63. The van der Waals surface area contributed by atoms with Crippen LogP contribution in [0.4, 0.5) is 16.5 Å². The number of nitrogen functional groups attached to an aromatic ring is 1. The summed E-state index contributed by atoms with van der Waals surface area (Å²) in [6, 6.07) is 12.3. The van der Waals surface area contributed by atoms with E-state index in [4.69, 9.17) is 10.5 Å². The Morgan fingerprint density at radius 3 is 2.33 bits per heavy atom. The highest BCUT2D eigenvalue weighted by atomic mass is 32.1. The van der Waals surface area contributed by atoms with Gasteiger partial charge >= 0.3 is 11.9 Å². The number of hydrogen-bond acceptors (Lipinski definition) is 9. The molecule has 0 atom stereocenters. The van der Waals surface area contributed by atoms with E-state index >= 15 is 0 Å². The normalized spacial score (nSPS) is 10.2. The van der Waals surface area contributed by atoms with Crippen LogP contribution < -0.4 is 16.4 Å². The summed E-state index contributed by atoms with van der Waals surface area (Å²) in [5, 5.41) is 5.23. The number of carbonyl (C=O) groups is 4. The van der Waals surface area contributed by atoms with Crippen molar-refractivity contribution in [3.05, 3.63) is 70.2 Å². The Morgan fingerprint density at radius 2 is 1.67 bits per heavy atom. The number of esters is 2. The van der Waals surface area contributed by atoms with Crippen molar-refractivity contribution in [2.45, 2.75) is 6.92 Å². The molecule has 0 bridgehead atoms. The molecule has 10 nitrogen and oxygen atoms in total. The van der Waals surface area contributed by atoms with Crippen LogP contribution in [-0.4, -0.2) is 42.5 Å². The molecule has 0 aliphatic carbocycles. The van der Waals surface area contributed by atoms with E-state index in [1.165, 1.54) is 43.5 Å². The molecular formula is C22H20N4O6S. The molecule has 2 aromatic carbocycles. The van der Waals surface area contributed by atoms with E-state index in [2.05, 4.69) is 20.4 Å². The summed E-state index contributed by atoms with van der Waals surface area (Å²) in [7, 11) is 1.27. The number of para-hydroxylation sites is 1. The number of aromatic nitrogens is 1. The highest BCUT2D eigenvalue weighted by Gasteiger charge is 2.24. The maximum absolute atomic E-state index is 12.9. The van der Waals surface area contributed by atoms with Gasteiger partial charge in [0.25, 0.3) is 11.8 Å². The maximum atomic E-state index is 12.9. The second-order valence-electron chi connectivity index (χ2n) is 6.47. The molecule has 3 rings (SSSR count). The van der Waals surface area contributed by atoms with Gasteiger partial charge in [0.1, 0.15) is 4.88 Å². The Labute approximate surface area is 192 Å². The zero-order valence-corrected chi connectivity index (χ0v) is 18.5. The Bertz CT molecular complexity index is 1210. The first-order valence-electron chi connectivity index (χ1n) is 9.67. The van der Waals surface area contributed by atoms with Crippen LogP contribution in [0.15, 0.2) is 48.5 Å². The van der Waals surface area contributed by atoms with Gasteiger partial charge in [-0.15, -0.1) is 0 Å². The van der Waals surface area contributed by atoms with Gasteiger partial charge in [-0.05, 0) is 43.3 Å². The molecular weight excluding hydrogens is 448 g/mol. The predicted molar refractivity (Wildman–Crippen MR) is 123 cm³/mol. The van der Waals surface area contributed by atoms with Crippen molar-refractivity contribution in [2.24, 2.45) is 0 Å². The van der Waals surface area contributed by atoms with Crippen LogP contribution in [0.2, 0.25) is 0 Å². The van der Waals surface area contributed by atoms with Crippen molar-refractivity contribution < 1.29 is 28.7 Å². The molecule has 0 unspecified atom stereocenters. The molecule has 2 amide bonds. The van der Waals surface area contributed by atoms with Gasteiger partial charge in [-0.25, -0.2) is 14.6 Å². The van der Waals surface area contributed by atoms with Gasteiger partial charge in [-0.1, -0.05) is 23.5 Å². The molecule has 0 radical (unpaired) electrons. The fraction of sp³-hybridized carbons (Fsp3) is 0.136. The molecule has 11 heteroatoms. The highest BCUT2D eigenvalue weighted by molar-refractivity contribution is 7.17. The van der Waals surface area contributed by atoms with Crippen LogP contribution in [0.25, 0.3) is 0 Å². The molecule has 0 aliphatic rings. The third kappa shape index (κ3) is 5.52. The number of amides is 2. The fourth-order valence-electron chi connectivity index (χ4n) is 2.80. The van der Waals surface area contributed by atoms with Crippen molar-refractivity contribution in [3.8, 4) is 0 Å². The molecule has 170 valence electrons. The summed E-state index contributed by atoms with van der Waals surface area (Å²) in [6.07, 6.45) is 0. The van der Waals surface area contributed by atoms with Crippen molar-refractivity contribution in [1.29, 1.82) is 0 Å². The first kappa shape index (κ1) is 23.4. The minimum Gasteiger partial charge on any atom is -0.465 e. The number of carbonyl (C=O) groups excluding carboxylic acids is 4. The van der Waals surface area contributed by atoms with Crippen LogP contribution in [-0.2, 0) is 9.47 Å². The molecule has 4 N–H and O–H groups in total. The Hall–Kier alpha value is -4.25. The number of thiazole rings is 1. The summed E-state index contributed by atoms with van der Waals surface area (Å²) >= 11 is 0.839. The quantitative estimate of drug-likeness (QED) is 0.448. The minimum absolute atomic E-state index is 0.0179. The lowest BCUT2D eigenvalue weighted by Gasteiger charge is -2.10. The van der Waals surface area contributed by atoms with Gasteiger partial charge in [0.2, 0.25) is 0 Å². The number of anilines is 3. The van der Waals surface area contributed by atoms with Crippen LogP contribution >= 0.6 is 11.3 Å². The molecule has 0 spiro atoms. The third-order valence-electron chi connectivity index (χ3n) is 4.30. The Morgan fingerprint density at radius 1 is 0.970 bits per heavy atom. The van der Waals surface area contributed by atoms with Crippen molar-refractivity contribution in [3.63, 3.8) is 0 Å². The van der Waals surface area contributed by atoms with Crippen LogP contribution in [0.1, 0.15) is 47.8 Å². The molecule has 0 fully saturated rings. The van der Waals surface area contributed by atoms with Gasteiger partial charge in [0.05, 0.1) is 30.5 Å². The van der Waals surface area contributed by atoms with Gasteiger partial charge in [-0.2, -0.15) is 0 Å². The second-order valence-corrected chi connectivity index (χ2v) is 7.50. The zero-order valence-electron chi connectivity index (χ0n) is 17.7.